The van der Waals surface area contributed by atoms with Gasteiger partial charge in [-0.1, -0.05) is 24.8 Å². The number of nitro groups is 2. The molecular formula is C44H48BrF4N4O16P. The molecule has 0 aliphatic rings. The lowest BCUT2D eigenvalue weighted by Crippen LogP contribution is -2.11. The Kier molecular flexibility index (Phi) is 32.7. The Hall–Kier alpha value is -7.60. The fraction of sp³-hybridized carbons (Fsp3) is 0.205. The van der Waals surface area contributed by atoms with Gasteiger partial charge in [-0.3, -0.25) is 34.4 Å². The van der Waals surface area contributed by atoms with Crippen molar-refractivity contribution >= 4 is 88.6 Å². The first-order valence-corrected chi connectivity index (χ1v) is 21.7. The summed E-state index contributed by atoms with van der Waals surface area (Å²) in [6.07, 6.45) is 5.75. The Bertz CT molecular complexity index is 2480. The number of nitro benzene ring substituents is 2. The number of anilines is 2. The molecule has 0 aromatic heterocycles. The molecule has 0 aliphatic heterocycles. The molecule has 0 atom stereocenters. The van der Waals surface area contributed by atoms with Crippen LogP contribution < -0.4 is 11.5 Å². The van der Waals surface area contributed by atoms with Crippen molar-refractivity contribution in [2.75, 3.05) is 59.3 Å². The van der Waals surface area contributed by atoms with Crippen molar-refractivity contribution in [3.63, 3.8) is 0 Å². The summed E-state index contributed by atoms with van der Waals surface area (Å²) in [5.41, 5.74) is 10.4. The van der Waals surface area contributed by atoms with Crippen LogP contribution in [-0.4, -0.2) is 87.8 Å². The van der Waals surface area contributed by atoms with Crippen molar-refractivity contribution < 1.29 is 83.9 Å². The van der Waals surface area contributed by atoms with E-state index >= 15 is 0 Å². The quantitative estimate of drug-likeness (QED) is 0.0137. The van der Waals surface area contributed by atoms with E-state index in [1.165, 1.54) is 58.8 Å². The molecule has 26 heteroatoms. The number of ether oxygens (including phenoxy) is 4. The average Bonchev–Trinajstić information content (AvgIpc) is 3.33. The number of nitrogens with two attached hydrogens (primary N) is 2. The van der Waals surface area contributed by atoms with Gasteiger partial charge in [-0.05, 0) is 84.4 Å². The van der Waals surface area contributed by atoms with E-state index in [1.54, 1.807) is 32.0 Å². The highest BCUT2D eigenvalue weighted by molar-refractivity contribution is 9.10. The minimum absolute atomic E-state index is 0.00963. The number of methoxy groups -OCH3 is 4. The molecular weight excluding hydrogens is 1030 g/mol. The van der Waals surface area contributed by atoms with E-state index in [-0.39, 0.29) is 65.4 Å². The van der Waals surface area contributed by atoms with Gasteiger partial charge in [-0.2, -0.15) is 0 Å². The highest BCUT2D eigenvalue weighted by Gasteiger charge is 2.28. The first kappa shape index (κ1) is 64.5. The summed E-state index contributed by atoms with van der Waals surface area (Å²) in [7, 11) is 1.71. The molecule has 0 unspecified atom stereocenters. The molecule has 0 saturated heterocycles. The van der Waals surface area contributed by atoms with Gasteiger partial charge in [0.05, 0.1) is 74.0 Å². The second kappa shape index (κ2) is 35.5. The maximum atomic E-state index is 12.9. The Balaban J connectivity index is 0. The van der Waals surface area contributed by atoms with Gasteiger partial charge in [0.15, 0.2) is 6.29 Å². The number of carbonyl (C=O) groups excluding carboxylic acids is 5. The van der Waals surface area contributed by atoms with E-state index in [0.717, 1.165) is 54.6 Å². The number of esters is 4. The smallest absolute Gasteiger partial charge is 0.341 e. The molecule has 0 radical (unpaired) electrons. The highest BCUT2D eigenvalue weighted by Crippen LogP contribution is 2.47. The molecule has 4 N–H and O–H groups in total. The van der Waals surface area contributed by atoms with Crippen molar-refractivity contribution in [1.29, 1.82) is 0 Å². The topological polar surface area (TPSA) is 296 Å². The molecule has 20 nitrogen and oxygen atoms in total. The van der Waals surface area contributed by atoms with Crippen LogP contribution in [0.2, 0.25) is 0 Å². The molecule has 0 spiro atoms. The van der Waals surface area contributed by atoms with Crippen molar-refractivity contribution in [3.8, 4) is 0 Å². The van der Waals surface area contributed by atoms with E-state index in [0.29, 0.717) is 10.0 Å². The normalized spacial score (nSPS) is 9.99. The van der Waals surface area contributed by atoms with E-state index < -0.39 is 58.8 Å². The molecule has 0 aliphatic carbocycles. The van der Waals surface area contributed by atoms with Crippen LogP contribution in [-0.2, 0) is 51.7 Å². The van der Waals surface area contributed by atoms with Crippen molar-refractivity contribution in [3.05, 3.63) is 162 Å². The molecule has 0 bridgehead atoms. The minimum atomic E-state index is -3.27. The number of nitrogen functional groups attached to an aromatic ring is 2. The molecule has 0 heterocycles. The summed E-state index contributed by atoms with van der Waals surface area (Å²) in [5.74, 6) is -4.33. The molecule has 0 saturated carbocycles. The number of rotatable bonds is 14. The van der Waals surface area contributed by atoms with E-state index in [9.17, 15) is 66.3 Å². The maximum Gasteiger partial charge on any atom is 0.341 e. The summed E-state index contributed by atoms with van der Waals surface area (Å²) in [6.45, 7) is 7.01. The minimum Gasteiger partial charge on any atom is -0.469 e. The highest BCUT2D eigenvalue weighted by atomic mass is 79.9. The molecule has 70 heavy (non-hydrogen) atoms. The number of hydrogen-bond donors (Lipinski definition) is 2. The van der Waals surface area contributed by atoms with E-state index in [2.05, 4.69) is 41.5 Å². The summed E-state index contributed by atoms with van der Waals surface area (Å²) in [6, 6.07) is 14.7. The fourth-order valence-electron chi connectivity index (χ4n) is 4.10. The SMILES string of the molecule is C=CC(=O)OC.CCOP(=O)(CC(=O)OC)OCC.COC(=O)/C=C/c1cc(F)ccc1[N+](=O)[O-].COC(=O)/C=C/c1cccc(F)c1N.Nc1c(F)cccc1Br.O=Cc1cc(F)ccc1[N+](=O)[O-]. The Labute approximate surface area is 406 Å². The third-order valence-electron chi connectivity index (χ3n) is 7.36. The maximum absolute atomic E-state index is 12.9. The van der Waals surface area contributed by atoms with E-state index in [4.69, 9.17) is 20.5 Å². The molecule has 4 rings (SSSR count). The number of benzene rings is 4. The first-order chi connectivity index (χ1) is 32.9. The van der Waals surface area contributed by atoms with Crippen molar-refractivity contribution in [1.82, 2.24) is 0 Å². The number of aldehydes is 1. The lowest BCUT2D eigenvalue weighted by molar-refractivity contribution is -0.385. The van der Waals surface area contributed by atoms with E-state index in [1.807, 2.05) is 0 Å². The number of hydrogen-bond acceptors (Lipinski definition) is 18. The van der Waals surface area contributed by atoms with Crippen LogP contribution >= 0.6 is 23.5 Å². The molecule has 4 aromatic carbocycles. The van der Waals surface area contributed by atoms with Gasteiger partial charge in [-0.15, -0.1) is 0 Å². The lowest BCUT2D eigenvalue weighted by atomic mass is 10.1. The van der Waals surface area contributed by atoms with Gasteiger partial charge in [-0.25, -0.2) is 31.9 Å². The lowest BCUT2D eigenvalue weighted by Gasteiger charge is -2.15. The third-order valence-corrected chi connectivity index (χ3v) is 10.00. The molecule has 4 aromatic rings. The zero-order valence-electron chi connectivity index (χ0n) is 38.1. The van der Waals surface area contributed by atoms with Crippen molar-refractivity contribution in [2.24, 2.45) is 0 Å². The second-order valence-electron chi connectivity index (χ2n) is 12.0. The van der Waals surface area contributed by atoms with Gasteiger partial charge in [0.1, 0.15) is 29.4 Å². The third kappa shape index (κ3) is 26.7. The molecule has 0 amide bonds. The number of nitrogens with zero attached hydrogens (tertiary/aromatic N) is 2. The zero-order chi connectivity index (χ0) is 54.0. The Morgan fingerprint density at radius 2 is 1.10 bits per heavy atom. The summed E-state index contributed by atoms with van der Waals surface area (Å²) in [4.78, 5) is 71.8. The van der Waals surface area contributed by atoms with Crippen LogP contribution in [0.3, 0.4) is 0 Å². The number of carbonyl (C=O) groups is 5. The number of para-hydroxylation sites is 2. The van der Waals surface area contributed by atoms with Gasteiger partial charge in [0, 0.05) is 40.4 Å². The Morgan fingerprint density at radius 1 is 0.671 bits per heavy atom. The van der Waals surface area contributed by atoms with Crippen LogP contribution in [0, 0.1) is 43.5 Å². The van der Waals surface area contributed by atoms with Gasteiger partial charge in [0.2, 0.25) is 0 Å². The van der Waals surface area contributed by atoms with Crippen LogP contribution in [0.25, 0.3) is 12.2 Å². The average molecular weight is 1080 g/mol. The largest absolute Gasteiger partial charge is 0.469 e. The van der Waals surface area contributed by atoms with Crippen LogP contribution in [0.1, 0.15) is 35.3 Å². The molecule has 380 valence electrons. The van der Waals surface area contributed by atoms with Crippen molar-refractivity contribution in [2.45, 2.75) is 13.8 Å². The van der Waals surface area contributed by atoms with Gasteiger partial charge < -0.3 is 39.5 Å². The second-order valence-corrected chi connectivity index (χ2v) is 14.9. The summed E-state index contributed by atoms with van der Waals surface area (Å²) in [5, 5.41) is 20.8. The fourth-order valence-corrected chi connectivity index (χ4v) is 5.93. The first-order valence-electron chi connectivity index (χ1n) is 19.2. The van der Waals surface area contributed by atoms with Gasteiger partial charge in [0.25, 0.3) is 11.4 Å². The summed E-state index contributed by atoms with van der Waals surface area (Å²) < 4.78 is 89.8. The van der Waals surface area contributed by atoms with Crippen LogP contribution in [0.4, 0.5) is 40.3 Å². The standard InChI is InChI=1S/C10H8FNO4.C10H10FNO2.C7H4FNO3.C7H15O5P.C6H5BrFN.C4H6O2/c1-16-10(13)5-2-7-6-8(11)3-4-9(7)12(14)15;1-14-9(13)6-5-7-3-2-4-8(11)10(7)12;8-6-1-2-7(9(11)12)5(3-6)4-10;1-4-11-13(9,12-5-2)6-7(8)10-3;7-4-2-1-3-5(8)6(4)9;1-3-4(5)6-2/h2-6H,1H3;2-6H,12H2,1H3;1-4H;4-6H2,1-3H3;1-3H,9H2;3H,1H2,2H3/b5-2+;6-5+;;;;. The summed E-state index contributed by atoms with van der Waals surface area (Å²) >= 11 is 3.08. The monoisotopic (exact) mass is 1070 g/mol. The predicted molar refractivity (Wildman–Crippen MR) is 253 cm³/mol. The van der Waals surface area contributed by atoms with Crippen LogP contribution in [0.5, 0.6) is 0 Å². The Morgan fingerprint density at radius 3 is 1.47 bits per heavy atom. The van der Waals surface area contributed by atoms with Crippen LogP contribution in [0.15, 0.2) is 102 Å². The van der Waals surface area contributed by atoms with Gasteiger partial charge >= 0.3 is 31.5 Å². The number of halogens is 5. The predicted octanol–water partition coefficient (Wildman–Crippen LogP) is 9.00. The zero-order valence-corrected chi connectivity index (χ0v) is 40.6. The molecule has 0 fully saturated rings.